The molecule has 0 aromatic rings. The molecule has 0 saturated carbocycles. The average Bonchev–Trinajstić information content (AvgIpc) is 2.47. The van der Waals surface area contributed by atoms with E-state index >= 15 is 0 Å². The summed E-state index contributed by atoms with van der Waals surface area (Å²) in [6, 6.07) is 0.139. The van der Waals surface area contributed by atoms with E-state index in [0.29, 0.717) is 24.6 Å². The van der Waals surface area contributed by atoms with Crippen LogP contribution in [0.25, 0.3) is 0 Å². The van der Waals surface area contributed by atoms with Crippen LogP contribution in [0.5, 0.6) is 0 Å². The first-order chi connectivity index (χ1) is 6.15. The topological polar surface area (TPSA) is 29.5 Å². The van der Waals surface area contributed by atoms with Crippen molar-refractivity contribution in [2.75, 3.05) is 13.2 Å². The third-order valence-corrected chi connectivity index (χ3v) is 2.32. The minimum Gasteiger partial charge on any atom is -0.448 e. The van der Waals surface area contributed by atoms with Crippen molar-refractivity contribution >= 4 is 17.7 Å². The molecule has 13 heavy (non-hydrogen) atoms. The molecule has 1 unspecified atom stereocenters. The Balaban J connectivity index is 2.54. The molecule has 0 aliphatic carbocycles. The highest BCUT2D eigenvalue weighted by molar-refractivity contribution is 6.29. The molecule has 1 atom stereocenters. The molecule has 1 aliphatic rings. The van der Waals surface area contributed by atoms with Gasteiger partial charge in [0.15, 0.2) is 0 Å². The third kappa shape index (κ3) is 2.62. The van der Waals surface area contributed by atoms with Crippen LogP contribution in [0.1, 0.15) is 19.8 Å². The summed E-state index contributed by atoms with van der Waals surface area (Å²) in [6.07, 6.45) is 1.29. The molecule has 0 aromatic heterocycles. The molecule has 74 valence electrons. The van der Waals surface area contributed by atoms with Crippen LogP contribution in [0.15, 0.2) is 11.6 Å². The van der Waals surface area contributed by atoms with Crippen LogP contribution < -0.4 is 0 Å². The maximum Gasteiger partial charge on any atom is 0.410 e. The van der Waals surface area contributed by atoms with Gasteiger partial charge in [-0.2, -0.15) is 0 Å². The monoisotopic (exact) mass is 203 g/mol. The molecule has 1 amide bonds. The second kappa shape index (κ2) is 4.51. The van der Waals surface area contributed by atoms with Crippen LogP contribution in [-0.4, -0.2) is 30.2 Å². The summed E-state index contributed by atoms with van der Waals surface area (Å²) in [7, 11) is 0. The van der Waals surface area contributed by atoms with Crippen molar-refractivity contribution < 1.29 is 9.53 Å². The predicted octanol–water partition coefficient (Wildman–Crippen LogP) is 2.36. The fourth-order valence-corrected chi connectivity index (χ4v) is 1.65. The Morgan fingerprint density at radius 3 is 2.92 bits per heavy atom. The van der Waals surface area contributed by atoms with Gasteiger partial charge in [-0.3, -0.25) is 0 Å². The highest BCUT2D eigenvalue weighted by Crippen LogP contribution is 2.19. The van der Waals surface area contributed by atoms with Crippen molar-refractivity contribution in [3.05, 3.63) is 11.6 Å². The molecular formula is C9H14ClNO2. The van der Waals surface area contributed by atoms with Gasteiger partial charge < -0.3 is 9.64 Å². The second-order valence-electron chi connectivity index (χ2n) is 3.09. The minimum atomic E-state index is -0.232. The van der Waals surface area contributed by atoms with Crippen molar-refractivity contribution in [3.63, 3.8) is 0 Å². The Morgan fingerprint density at radius 1 is 1.85 bits per heavy atom. The van der Waals surface area contributed by atoms with Gasteiger partial charge in [-0.05, 0) is 6.42 Å². The van der Waals surface area contributed by atoms with Gasteiger partial charge in [0.25, 0.3) is 0 Å². The van der Waals surface area contributed by atoms with Gasteiger partial charge in [0.2, 0.25) is 0 Å². The lowest BCUT2D eigenvalue weighted by Crippen LogP contribution is -2.35. The summed E-state index contributed by atoms with van der Waals surface area (Å²) in [5, 5.41) is 0.589. The number of halogens is 1. The predicted molar refractivity (Wildman–Crippen MR) is 51.7 cm³/mol. The highest BCUT2D eigenvalue weighted by Gasteiger charge is 2.28. The molecule has 4 heteroatoms. The molecule has 0 aromatic carbocycles. The standard InChI is InChI=1S/C9H14ClNO2/c1-3-8(6-7(2)10)11-4-5-13-9(11)12/h8H,2-6H2,1H3. The van der Waals surface area contributed by atoms with E-state index in [4.69, 9.17) is 16.3 Å². The zero-order chi connectivity index (χ0) is 9.84. The van der Waals surface area contributed by atoms with E-state index in [1.54, 1.807) is 4.90 Å². The molecule has 1 heterocycles. The Bertz CT molecular complexity index is 218. The number of hydrogen-bond acceptors (Lipinski definition) is 2. The maximum absolute atomic E-state index is 11.2. The molecular weight excluding hydrogens is 190 g/mol. The smallest absolute Gasteiger partial charge is 0.410 e. The number of hydrogen-bond donors (Lipinski definition) is 0. The molecule has 3 nitrogen and oxygen atoms in total. The first-order valence-electron chi connectivity index (χ1n) is 4.41. The van der Waals surface area contributed by atoms with Crippen molar-refractivity contribution in [2.24, 2.45) is 0 Å². The van der Waals surface area contributed by atoms with E-state index in [1.807, 2.05) is 6.92 Å². The lowest BCUT2D eigenvalue weighted by Gasteiger charge is -2.23. The SMILES string of the molecule is C=C(Cl)CC(CC)N1CCOC1=O. The van der Waals surface area contributed by atoms with Gasteiger partial charge in [0, 0.05) is 17.5 Å². The molecule has 1 rings (SSSR count). The van der Waals surface area contributed by atoms with Crippen molar-refractivity contribution in [3.8, 4) is 0 Å². The van der Waals surface area contributed by atoms with Crippen molar-refractivity contribution in [2.45, 2.75) is 25.8 Å². The Kier molecular flexibility index (Phi) is 3.60. The number of carbonyl (C=O) groups is 1. The average molecular weight is 204 g/mol. The number of amides is 1. The van der Waals surface area contributed by atoms with Gasteiger partial charge >= 0.3 is 6.09 Å². The number of rotatable bonds is 4. The molecule has 1 fully saturated rings. The molecule has 1 saturated heterocycles. The molecule has 0 N–H and O–H groups in total. The van der Waals surface area contributed by atoms with Crippen LogP contribution in [0.3, 0.4) is 0 Å². The summed E-state index contributed by atoms with van der Waals surface area (Å²) >= 11 is 5.70. The highest BCUT2D eigenvalue weighted by atomic mass is 35.5. The molecule has 0 bridgehead atoms. The number of cyclic esters (lactones) is 1. The van der Waals surface area contributed by atoms with E-state index in [9.17, 15) is 4.79 Å². The summed E-state index contributed by atoms with van der Waals surface area (Å²) < 4.78 is 4.84. The summed E-state index contributed by atoms with van der Waals surface area (Å²) in [4.78, 5) is 12.9. The zero-order valence-corrected chi connectivity index (χ0v) is 8.51. The van der Waals surface area contributed by atoms with Gasteiger partial charge in [0.1, 0.15) is 6.61 Å². The Morgan fingerprint density at radius 2 is 2.54 bits per heavy atom. The second-order valence-corrected chi connectivity index (χ2v) is 3.63. The van der Waals surface area contributed by atoms with Gasteiger partial charge in [-0.25, -0.2) is 4.79 Å². The zero-order valence-electron chi connectivity index (χ0n) is 7.75. The van der Waals surface area contributed by atoms with Crippen LogP contribution >= 0.6 is 11.6 Å². The lowest BCUT2D eigenvalue weighted by atomic mass is 10.1. The maximum atomic E-state index is 11.2. The quantitative estimate of drug-likeness (QED) is 0.702. The summed E-state index contributed by atoms with van der Waals surface area (Å²) in [5.41, 5.74) is 0. The number of nitrogens with zero attached hydrogens (tertiary/aromatic N) is 1. The van der Waals surface area contributed by atoms with E-state index in [-0.39, 0.29) is 12.1 Å². The fraction of sp³-hybridized carbons (Fsp3) is 0.667. The van der Waals surface area contributed by atoms with Crippen molar-refractivity contribution in [1.82, 2.24) is 4.90 Å². The number of ether oxygens (including phenoxy) is 1. The third-order valence-electron chi connectivity index (χ3n) is 2.16. The summed E-state index contributed by atoms with van der Waals surface area (Å²) in [5.74, 6) is 0. The minimum absolute atomic E-state index is 0.139. The van der Waals surface area contributed by atoms with E-state index in [0.717, 1.165) is 6.42 Å². The Hall–Kier alpha value is -0.700. The Labute approximate surface area is 83.3 Å². The summed E-state index contributed by atoms with van der Waals surface area (Å²) in [6.45, 7) is 6.81. The molecule has 1 aliphatic heterocycles. The van der Waals surface area contributed by atoms with Gasteiger partial charge in [-0.15, -0.1) is 0 Å². The first kappa shape index (κ1) is 10.4. The molecule has 0 spiro atoms. The largest absolute Gasteiger partial charge is 0.448 e. The first-order valence-corrected chi connectivity index (χ1v) is 4.79. The van der Waals surface area contributed by atoms with Crippen LogP contribution in [0.2, 0.25) is 0 Å². The normalized spacial score (nSPS) is 18.6. The lowest BCUT2D eigenvalue weighted by molar-refractivity contribution is 0.147. The van der Waals surface area contributed by atoms with Gasteiger partial charge in [-0.1, -0.05) is 25.1 Å². The van der Waals surface area contributed by atoms with Crippen molar-refractivity contribution in [1.29, 1.82) is 0 Å². The fourth-order valence-electron chi connectivity index (χ4n) is 1.47. The van der Waals surface area contributed by atoms with E-state index < -0.39 is 0 Å². The van der Waals surface area contributed by atoms with E-state index in [2.05, 4.69) is 6.58 Å². The van der Waals surface area contributed by atoms with Crippen LogP contribution in [0.4, 0.5) is 4.79 Å². The molecule has 0 radical (unpaired) electrons. The van der Waals surface area contributed by atoms with Gasteiger partial charge in [0.05, 0.1) is 6.54 Å². The van der Waals surface area contributed by atoms with E-state index in [1.165, 1.54) is 0 Å². The number of carbonyl (C=O) groups excluding carboxylic acids is 1. The van der Waals surface area contributed by atoms with Crippen LogP contribution in [-0.2, 0) is 4.74 Å². The van der Waals surface area contributed by atoms with Crippen LogP contribution in [0, 0.1) is 0 Å².